The molecule has 1 heterocycles. The van der Waals surface area contributed by atoms with Crippen molar-refractivity contribution in [2.75, 3.05) is 0 Å². The molecule has 0 aliphatic heterocycles. The highest BCUT2D eigenvalue weighted by Gasteiger charge is 2.18. The Balaban J connectivity index is 3.17. The van der Waals surface area contributed by atoms with E-state index in [0.717, 1.165) is 6.07 Å². The minimum absolute atomic E-state index is 0.0270. The molecule has 5 nitrogen and oxygen atoms in total. The number of aryl methyl sites for hydroxylation is 1. The number of furan rings is 1. The van der Waals surface area contributed by atoms with Gasteiger partial charge in [0.15, 0.2) is 17.3 Å². The summed E-state index contributed by atoms with van der Waals surface area (Å²) in [5.41, 5.74) is -0.153. The summed E-state index contributed by atoms with van der Waals surface area (Å²) < 4.78 is 4.85. The van der Waals surface area contributed by atoms with Gasteiger partial charge >= 0.3 is 5.69 Å². The summed E-state index contributed by atoms with van der Waals surface area (Å²) in [6.07, 6.45) is 0. The smallest absolute Gasteiger partial charge is 0.310 e. The van der Waals surface area contributed by atoms with Gasteiger partial charge in [0.05, 0.1) is 11.0 Å². The summed E-state index contributed by atoms with van der Waals surface area (Å²) in [5.74, 6) is -0.129. The standard InChI is InChI=1S/C7H7NO4/c1-4(9)7-3-6(8(10)11)5(2)12-7/h3H,1-2H3. The van der Waals surface area contributed by atoms with E-state index in [1.807, 2.05) is 0 Å². The second-order valence-electron chi connectivity index (χ2n) is 2.37. The minimum Gasteiger partial charge on any atom is -0.451 e. The molecule has 1 aromatic rings. The topological polar surface area (TPSA) is 73.3 Å². The molecular formula is C7H7NO4. The van der Waals surface area contributed by atoms with Crippen LogP contribution < -0.4 is 0 Å². The van der Waals surface area contributed by atoms with Gasteiger partial charge < -0.3 is 4.42 Å². The molecule has 0 aliphatic rings. The molecule has 0 aliphatic carbocycles. The van der Waals surface area contributed by atoms with Crippen molar-refractivity contribution in [3.63, 3.8) is 0 Å². The van der Waals surface area contributed by atoms with Gasteiger partial charge in [-0.2, -0.15) is 0 Å². The van der Waals surface area contributed by atoms with Gasteiger partial charge in [0.1, 0.15) is 0 Å². The average Bonchev–Trinajstić information content (AvgIpc) is 2.30. The number of carbonyl (C=O) groups is 1. The lowest BCUT2D eigenvalue weighted by atomic mass is 10.3. The Bertz CT molecular complexity index is 339. The van der Waals surface area contributed by atoms with Crippen molar-refractivity contribution in [2.24, 2.45) is 0 Å². The fraction of sp³-hybridized carbons (Fsp3) is 0.286. The van der Waals surface area contributed by atoms with Crippen LogP contribution in [0.25, 0.3) is 0 Å². The van der Waals surface area contributed by atoms with Crippen LogP contribution in [0.4, 0.5) is 5.69 Å². The highest BCUT2D eigenvalue weighted by molar-refractivity contribution is 5.92. The van der Waals surface area contributed by atoms with Crippen molar-refractivity contribution < 1.29 is 14.1 Å². The van der Waals surface area contributed by atoms with Crippen LogP contribution in [0.15, 0.2) is 10.5 Å². The summed E-state index contributed by atoms with van der Waals surface area (Å²) >= 11 is 0. The Hall–Kier alpha value is -1.65. The Labute approximate surface area is 68.1 Å². The number of Topliss-reactive ketones (excluding diaryl/α,β-unsaturated/α-hetero) is 1. The number of ketones is 1. The van der Waals surface area contributed by atoms with Gasteiger partial charge in [-0.25, -0.2) is 0 Å². The van der Waals surface area contributed by atoms with Gasteiger partial charge in [-0.1, -0.05) is 0 Å². The Morgan fingerprint density at radius 3 is 2.50 bits per heavy atom. The van der Waals surface area contributed by atoms with Crippen molar-refractivity contribution in [2.45, 2.75) is 13.8 Å². The van der Waals surface area contributed by atoms with Crippen LogP contribution in [0.5, 0.6) is 0 Å². The third-order valence-corrected chi connectivity index (χ3v) is 1.44. The van der Waals surface area contributed by atoms with Crippen LogP contribution in [0.2, 0.25) is 0 Å². The molecule has 0 unspecified atom stereocenters. The second-order valence-corrected chi connectivity index (χ2v) is 2.37. The Morgan fingerprint density at radius 1 is 1.67 bits per heavy atom. The van der Waals surface area contributed by atoms with Gasteiger partial charge in [-0.3, -0.25) is 14.9 Å². The van der Waals surface area contributed by atoms with Gasteiger partial charge in [-0.15, -0.1) is 0 Å². The summed E-state index contributed by atoms with van der Waals surface area (Å²) in [6.45, 7) is 2.74. The van der Waals surface area contributed by atoms with E-state index in [1.54, 1.807) is 0 Å². The average molecular weight is 169 g/mol. The highest BCUT2D eigenvalue weighted by atomic mass is 16.6. The maximum Gasteiger partial charge on any atom is 0.310 e. The third-order valence-electron chi connectivity index (χ3n) is 1.44. The molecule has 0 saturated carbocycles. The lowest BCUT2D eigenvalue weighted by Crippen LogP contribution is -1.87. The molecule has 0 amide bonds. The molecule has 12 heavy (non-hydrogen) atoms. The van der Waals surface area contributed by atoms with Crippen molar-refractivity contribution >= 4 is 11.5 Å². The molecule has 1 aromatic heterocycles. The number of hydrogen-bond acceptors (Lipinski definition) is 4. The molecule has 1 rings (SSSR count). The molecular weight excluding hydrogens is 162 g/mol. The van der Waals surface area contributed by atoms with E-state index in [4.69, 9.17) is 4.42 Å². The van der Waals surface area contributed by atoms with Crippen molar-refractivity contribution in [3.05, 3.63) is 27.7 Å². The van der Waals surface area contributed by atoms with E-state index in [1.165, 1.54) is 13.8 Å². The molecule has 5 heteroatoms. The van der Waals surface area contributed by atoms with Crippen molar-refractivity contribution in [1.82, 2.24) is 0 Å². The number of nitrogens with zero attached hydrogens (tertiary/aromatic N) is 1. The third kappa shape index (κ3) is 1.34. The summed E-state index contributed by atoms with van der Waals surface area (Å²) in [6, 6.07) is 1.14. The van der Waals surface area contributed by atoms with E-state index in [-0.39, 0.29) is 23.0 Å². The normalized spacial score (nSPS) is 9.83. The van der Waals surface area contributed by atoms with Gasteiger partial charge in [0.25, 0.3) is 0 Å². The zero-order valence-corrected chi connectivity index (χ0v) is 6.66. The van der Waals surface area contributed by atoms with E-state index >= 15 is 0 Å². The predicted octanol–water partition coefficient (Wildman–Crippen LogP) is 1.70. The monoisotopic (exact) mass is 169 g/mol. The lowest BCUT2D eigenvalue weighted by Gasteiger charge is -1.83. The molecule has 0 atom stereocenters. The first-order valence-corrected chi connectivity index (χ1v) is 3.28. The van der Waals surface area contributed by atoms with Crippen LogP contribution in [0.1, 0.15) is 23.2 Å². The molecule has 0 fully saturated rings. The fourth-order valence-electron chi connectivity index (χ4n) is 0.827. The molecule has 0 N–H and O–H groups in total. The molecule has 64 valence electrons. The van der Waals surface area contributed by atoms with Crippen LogP contribution in [0.3, 0.4) is 0 Å². The SMILES string of the molecule is CC(=O)c1cc([N+](=O)[O-])c(C)o1. The number of nitro groups is 1. The quantitative estimate of drug-likeness (QED) is 0.383. The zero-order valence-electron chi connectivity index (χ0n) is 6.66. The highest BCUT2D eigenvalue weighted by Crippen LogP contribution is 2.22. The summed E-state index contributed by atoms with van der Waals surface area (Å²) in [7, 11) is 0. The minimum atomic E-state index is -0.578. The molecule has 0 radical (unpaired) electrons. The Morgan fingerprint density at radius 2 is 2.25 bits per heavy atom. The van der Waals surface area contributed by atoms with Crippen LogP contribution in [0, 0.1) is 17.0 Å². The molecule has 0 bridgehead atoms. The largest absolute Gasteiger partial charge is 0.451 e. The van der Waals surface area contributed by atoms with E-state index in [2.05, 4.69) is 0 Å². The number of carbonyl (C=O) groups excluding carboxylic acids is 1. The predicted molar refractivity (Wildman–Crippen MR) is 40.1 cm³/mol. The first kappa shape index (κ1) is 8.45. The van der Waals surface area contributed by atoms with Crippen molar-refractivity contribution in [1.29, 1.82) is 0 Å². The van der Waals surface area contributed by atoms with E-state index in [0.29, 0.717) is 0 Å². The van der Waals surface area contributed by atoms with Crippen LogP contribution >= 0.6 is 0 Å². The van der Waals surface area contributed by atoms with Gasteiger partial charge in [0, 0.05) is 13.8 Å². The maximum atomic E-state index is 10.7. The van der Waals surface area contributed by atoms with E-state index in [9.17, 15) is 14.9 Å². The summed E-state index contributed by atoms with van der Waals surface area (Å²) in [5, 5.41) is 10.3. The van der Waals surface area contributed by atoms with Crippen LogP contribution in [-0.4, -0.2) is 10.7 Å². The van der Waals surface area contributed by atoms with E-state index < -0.39 is 4.92 Å². The fourth-order valence-corrected chi connectivity index (χ4v) is 0.827. The molecule has 0 spiro atoms. The number of rotatable bonds is 2. The number of hydrogen-bond donors (Lipinski definition) is 0. The van der Waals surface area contributed by atoms with Crippen LogP contribution in [-0.2, 0) is 0 Å². The maximum absolute atomic E-state index is 10.7. The Kier molecular flexibility index (Phi) is 1.95. The first-order valence-electron chi connectivity index (χ1n) is 3.28. The summed E-state index contributed by atoms with van der Waals surface area (Å²) in [4.78, 5) is 20.4. The zero-order chi connectivity index (χ0) is 9.30. The molecule has 0 aromatic carbocycles. The second kappa shape index (κ2) is 2.77. The first-order chi connectivity index (χ1) is 5.52. The van der Waals surface area contributed by atoms with Crippen molar-refractivity contribution in [3.8, 4) is 0 Å². The van der Waals surface area contributed by atoms with Gasteiger partial charge in [0.2, 0.25) is 0 Å². The molecule has 0 saturated heterocycles. The lowest BCUT2D eigenvalue weighted by molar-refractivity contribution is -0.385. The van der Waals surface area contributed by atoms with Gasteiger partial charge in [-0.05, 0) is 0 Å².